The number of aromatic nitrogens is 5. The van der Waals surface area contributed by atoms with Gasteiger partial charge in [-0.2, -0.15) is 0 Å². The average molecular weight is 190 g/mol. The number of nitrogens with zero attached hydrogens (tertiary/aromatic N) is 5. The van der Waals surface area contributed by atoms with Crippen LogP contribution in [0.4, 0.5) is 5.82 Å². The van der Waals surface area contributed by atoms with Crippen molar-refractivity contribution >= 4 is 5.82 Å². The van der Waals surface area contributed by atoms with Crippen LogP contribution >= 0.6 is 0 Å². The summed E-state index contributed by atoms with van der Waals surface area (Å²) in [5, 5.41) is 7.47. The molecule has 2 N–H and O–H groups in total. The summed E-state index contributed by atoms with van der Waals surface area (Å²) in [6, 6.07) is 1.85. The Hall–Kier alpha value is -1.98. The first kappa shape index (κ1) is 8.61. The molecule has 0 aliphatic rings. The van der Waals surface area contributed by atoms with Crippen molar-refractivity contribution in [1.82, 2.24) is 25.0 Å². The average Bonchev–Trinajstić information content (AvgIpc) is 2.51. The molecule has 0 fully saturated rings. The predicted octanol–water partition coefficient (Wildman–Crippen LogP) is 0.00702. The molecule has 0 saturated carbocycles. The zero-order valence-electron chi connectivity index (χ0n) is 7.75. The molecule has 0 aliphatic carbocycles. The van der Waals surface area contributed by atoms with Crippen molar-refractivity contribution in [1.29, 1.82) is 0 Å². The largest absolute Gasteiger partial charge is 0.381 e. The molecule has 2 rings (SSSR count). The zero-order valence-corrected chi connectivity index (χ0v) is 7.75. The number of nitrogens with two attached hydrogens (primary N) is 1. The minimum atomic E-state index is 0.401. The van der Waals surface area contributed by atoms with E-state index in [2.05, 4.69) is 20.3 Å². The Morgan fingerprint density at radius 1 is 1.50 bits per heavy atom. The summed E-state index contributed by atoms with van der Waals surface area (Å²) in [4.78, 5) is 8.34. The van der Waals surface area contributed by atoms with E-state index in [1.54, 1.807) is 17.1 Å². The van der Waals surface area contributed by atoms with Gasteiger partial charge in [-0.05, 0) is 13.0 Å². The molecule has 0 saturated heterocycles. The van der Waals surface area contributed by atoms with E-state index in [0.717, 1.165) is 5.69 Å². The molecular weight excluding hydrogens is 180 g/mol. The van der Waals surface area contributed by atoms with Gasteiger partial charge in [-0.1, -0.05) is 5.21 Å². The highest BCUT2D eigenvalue weighted by Crippen LogP contribution is 1.98. The summed E-state index contributed by atoms with van der Waals surface area (Å²) >= 11 is 0. The summed E-state index contributed by atoms with van der Waals surface area (Å²) in [7, 11) is 0. The third-order valence-electron chi connectivity index (χ3n) is 1.70. The number of hydrogen-bond donors (Lipinski definition) is 1. The minimum Gasteiger partial charge on any atom is -0.381 e. The van der Waals surface area contributed by atoms with Gasteiger partial charge in [0.25, 0.3) is 0 Å². The van der Waals surface area contributed by atoms with Crippen LogP contribution in [0.15, 0.2) is 18.5 Å². The second kappa shape index (κ2) is 3.41. The molecule has 0 amide bonds. The summed E-state index contributed by atoms with van der Waals surface area (Å²) in [6.07, 6.45) is 3.36. The Morgan fingerprint density at radius 2 is 2.36 bits per heavy atom. The number of rotatable bonds is 2. The Bertz CT molecular complexity index is 435. The molecule has 2 heterocycles. The molecule has 0 bridgehead atoms. The predicted molar refractivity (Wildman–Crippen MR) is 50.3 cm³/mol. The first-order valence-electron chi connectivity index (χ1n) is 4.18. The fourth-order valence-corrected chi connectivity index (χ4v) is 1.11. The highest BCUT2D eigenvalue weighted by atomic mass is 15.4. The van der Waals surface area contributed by atoms with Crippen LogP contribution in [-0.2, 0) is 6.54 Å². The Balaban J connectivity index is 2.18. The molecular formula is C8H10N6. The van der Waals surface area contributed by atoms with Gasteiger partial charge in [0, 0.05) is 11.9 Å². The van der Waals surface area contributed by atoms with Crippen molar-refractivity contribution in [2.75, 3.05) is 5.73 Å². The SMILES string of the molecule is Cc1ccnc(Cn2cc(N)nn2)n1. The van der Waals surface area contributed by atoms with Crippen molar-refractivity contribution in [2.45, 2.75) is 13.5 Å². The minimum absolute atomic E-state index is 0.401. The van der Waals surface area contributed by atoms with Crippen LogP contribution in [0, 0.1) is 6.92 Å². The van der Waals surface area contributed by atoms with Crippen molar-refractivity contribution < 1.29 is 0 Å². The van der Waals surface area contributed by atoms with Gasteiger partial charge in [0.15, 0.2) is 5.82 Å². The van der Waals surface area contributed by atoms with Gasteiger partial charge in [0.1, 0.15) is 12.4 Å². The van der Waals surface area contributed by atoms with E-state index < -0.39 is 0 Å². The van der Waals surface area contributed by atoms with Gasteiger partial charge in [-0.3, -0.25) is 0 Å². The molecule has 6 heteroatoms. The fourth-order valence-electron chi connectivity index (χ4n) is 1.11. The van der Waals surface area contributed by atoms with Gasteiger partial charge < -0.3 is 5.73 Å². The Labute approximate surface area is 80.8 Å². The van der Waals surface area contributed by atoms with Crippen LogP contribution in [0.2, 0.25) is 0 Å². The second-order valence-electron chi connectivity index (χ2n) is 2.96. The van der Waals surface area contributed by atoms with E-state index in [4.69, 9.17) is 5.73 Å². The van der Waals surface area contributed by atoms with E-state index in [1.165, 1.54) is 0 Å². The third-order valence-corrected chi connectivity index (χ3v) is 1.70. The van der Waals surface area contributed by atoms with Crippen LogP contribution in [-0.4, -0.2) is 25.0 Å². The molecule has 2 aromatic heterocycles. The molecule has 72 valence electrons. The lowest BCUT2D eigenvalue weighted by Gasteiger charge is -1.99. The molecule has 2 aromatic rings. The fraction of sp³-hybridized carbons (Fsp3) is 0.250. The van der Waals surface area contributed by atoms with E-state index in [-0.39, 0.29) is 0 Å². The smallest absolute Gasteiger partial charge is 0.165 e. The van der Waals surface area contributed by atoms with Gasteiger partial charge in [0.2, 0.25) is 0 Å². The quantitative estimate of drug-likeness (QED) is 0.721. The molecule has 0 unspecified atom stereocenters. The number of anilines is 1. The molecule has 0 aliphatic heterocycles. The zero-order chi connectivity index (χ0) is 9.97. The molecule has 0 atom stereocenters. The highest BCUT2D eigenvalue weighted by molar-refractivity contribution is 5.20. The molecule has 0 spiro atoms. The van der Waals surface area contributed by atoms with Crippen molar-refractivity contribution in [3.8, 4) is 0 Å². The maximum atomic E-state index is 5.43. The van der Waals surface area contributed by atoms with Crippen LogP contribution in [0.3, 0.4) is 0 Å². The van der Waals surface area contributed by atoms with Crippen LogP contribution in [0.25, 0.3) is 0 Å². The lowest BCUT2D eigenvalue weighted by molar-refractivity contribution is 0.623. The number of hydrogen-bond acceptors (Lipinski definition) is 5. The van der Waals surface area contributed by atoms with E-state index >= 15 is 0 Å². The molecule has 0 aromatic carbocycles. The van der Waals surface area contributed by atoms with E-state index in [9.17, 15) is 0 Å². The van der Waals surface area contributed by atoms with Crippen LogP contribution in [0.5, 0.6) is 0 Å². The molecule has 0 radical (unpaired) electrons. The maximum absolute atomic E-state index is 5.43. The summed E-state index contributed by atoms with van der Waals surface area (Å²) in [5.74, 6) is 1.10. The van der Waals surface area contributed by atoms with Crippen molar-refractivity contribution in [3.05, 3.63) is 30.0 Å². The Kier molecular flexibility index (Phi) is 2.10. The van der Waals surface area contributed by atoms with Crippen LogP contribution < -0.4 is 5.73 Å². The van der Waals surface area contributed by atoms with Gasteiger partial charge in [0.05, 0.1) is 6.20 Å². The maximum Gasteiger partial charge on any atom is 0.165 e. The summed E-state index contributed by atoms with van der Waals surface area (Å²) in [5.41, 5.74) is 6.36. The standard InChI is InChI=1S/C8H10N6/c1-6-2-3-10-8(11-6)5-14-4-7(9)12-13-14/h2-4H,5,9H2,1H3. The summed E-state index contributed by atoms with van der Waals surface area (Å²) in [6.45, 7) is 2.41. The monoisotopic (exact) mass is 190 g/mol. The number of aryl methyl sites for hydroxylation is 1. The first-order valence-corrected chi connectivity index (χ1v) is 4.18. The Morgan fingerprint density at radius 3 is 3.00 bits per heavy atom. The first-order chi connectivity index (χ1) is 6.74. The molecule has 6 nitrogen and oxygen atoms in total. The highest BCUT2D eigenvalue weighted by Gasteiger charge is 2.00. The van der Waals surface area contributed by atoms with Gasteiger partial charge in [-0.15, -0.1) is 5.10 Å². The second-order valence-corrected chi connectivity index (χ2v) is 2.96. The normalized spacial score (nSPS) is 10.4. The van der Waals surface area contributed by atoms with Crippen LogP contribution in [0.1, 0.15) is 11.5 Å². The van der Waals surface area contributed by atoms with Crippen molar-refractivity contribution in [2.24, 2.45) is 0 Å². The van der Waals surface area contributed by atoms with Gasteiger partial charge in [-0.25, -0.2) is 14.6 Å². The number of nitrogen functional groups attached to an aromatic ring is 1. The topological polar surface area (TPSA) is 82.5 Å². The molecule has 14 heavy (non-hydrogen) atoms. The van der Waals surface area contributed by atoms with E-state index in [0.29, 0.717) is 18.2 Å². The third kappa shape index (κ3) is 1.85. The van der Waals surface area contributed by atoms with Gasteiger partial charge >= 0.3 is 0 Å². The van der Waals surface area contributed by atoms with E-state index in [1.807, 2.05) is 13.0 Å². The lowest BCUT2D eigenvalue weighted by atomic mass is 10.4. The summed E-state index contributed by atoms with van der Waals surface area (Å²) < 4.78 is 1.60. The lowest BCUT2D eigenvalue weighted by Crippen LogP contribution is -2.05. The van der Waals surface area contributed by atoms with Crippen molar-refractivity contribution in [3.63, 3.8) is 0 Å².